The second kappa shape index (κ2) is 4.72. The predicted molar refractivity (Wildman–Crippen MR) is 70.8 cm³/mol. The second-order valence-corrected chi connectivity index (χ2v) is 5.66. The summed E-state index contributed by atoms with van der Waals surface area (Å²) in [5, 5.41) is 0. The maximum absolute atomic E-state index is 4.45. The molecule has 1 aliphatic rings. The fourth-order valence-corrected chi connectivity index (χ4v) is 2.60. The van der Waals surface area contributed by atoms with Gasteiger partial charge in [0, 0.05) is 29.8 Å². The van der Waals surface area contributed by atoms with E-state index in [0.29, 0.717) is 12.0 Å². The Balaban J connectivity index is 2.10. The highest BCUT2D eigenvalue weighted by Crippen LogP contribution is 2.25. The molecule has 88 valence electrons. The van der Waals surface area contributed by atoms with Crippen molar-refractivity contribution >= 4 is 21.7 Å². The van der Waals surface area contributed by atoms with Gasteiger partial charge in [-0.05, 0) is 48.1 Å². The molecule has 0 amide bonds. The number of likely N-dealkylation sites (N-methyl/N-ethyl adjacent to an activating group) is 1. The normalized spacial score (nSPS) is 25.4. The first-order valence-electron chi connectivity index (χ1n) is 5.61. The summed E-state index contributed by atoms with van der Waals surface area (Å²) in [6, 6.07) is 4.76. The van der Waals surface area contributed by atoms with Crippen LogP contribution in [0.15, 0.2) is 22.8 Å². The Morgan fingerprint density at radius 2 is 2.12 bits per heavy atom. The van der Waals surface area contributed by atoms with Gasteiger partial charge in [-0.15, -0.1) is 0 Å². The van der Waals surface area contributed by atoms with Gasteiger partial charge in [0.15, 0.2) is 0 Å². The van der Waals surface area contributed by atoms with Gasteiger partial charge in [0.2, 0.25) is 0 Å². The average molecular weight is 284 g/mol. The zero-order valence-electron chi connectivity index (χ0n) is 10.0. The van der Waals surface area contributed by atoms with Gasteiger partial charge in [0.25, 0.3) is 0 Å². The molecule has 16 heavy (non-hydrogen) atoms. The molecular weight excluding hydrogens is 266 g/mol. The molecule has 1 aliphatic heterocycles. The van der Waals surface area contributed by atoms with Crippen LogP contribution in [0.1, 0.15) is 6.92 Å². The molecule has 0 spiro atoms. The van der Waals surface area contributed by atoms with Crippen molar-refractivity contribution in [3.8, 4) is 0 Å². The first kappa shape index (κ1) is 11.9. The van der Waals surface area contributed by atoms with Gasteiger partial charge >= 0.3 is 0 Å². The topological polar surface area (TPSA) is 19.4 Å². The molecule has 1 fully saturated rings. The molecule has 2 rings (SSSR count). The minimum Gasteiger partial charge on any atom is -0.355 e. The lowest BCUT2D eigenvalue weighted by molar-refractivity contribution is 0.266. The number of hydrogen-bond acceptors (Lipinski definition) is 3. The van der Waals surface area contributed by atoms with Crippen LogP contribution < -0.4 is 4.90 Å². The first-order chi connectivity index (χ1) is 7.58. The smallest absolute Gasteiger partial charge is 0.128 e. The van der Waals surface area contributed by atoms with Gasteiger partial charge in [-0.25, -0.2) is 4.98 Å². The van der Waals surface area contributed by atoms with Crippen LogP contribution in [0.25, 0.3) is 0 Å². The Labute approximate surface area is 106 Å². The van der Waals surface area contributed by atoms with Gasteiger partial charge in [-0.3, -0.25) is 0 Å². The number of rotatable bonds is 2. The lowest BCUT2D eigenvalue weighted by atomic mass is 10.1. The van der Waals surface area contributed by atoms with Gasteiger partial charge in [0.1, 0.15) is 5.82 Å². The molecule has 0 aliphatic carbocycles. The van der Waals surface area contributed by atoms with E-state index in [2.05, 4.69) is 63.9 Å². The number of anilines is 1. The van der Waals surface area contributed by atoms with Crippen LogP contribution in [0.3, 0.4) is 0 Å². The molecule has 2 heterocycles. The maximum Gasteiger partial charge on any atom is 0.128 e. The third-order valence-electron chi connectivity index (χ3n) is 3.27. The van der Waals surface area contributed by atoms with E-state index < -0.39 is 0 Å². The number of nitrogens with zero attached hydrogens (tertiary/aromatic N) is 3. The lowest BCUT2D eigenvalue weighted by Gasteiger charge is -2.22. The molecule has 2 atom stereocenters. The van der Waals surface area contributed by atoms with E-state index in [1.165, 1.54) is 0 Å². The monoisotopic (exact) mass is 283 g/mol. The predicted octanol–water partition coefficient (Wildman–Crippen LogP) is 2.23. The van der Waals surface area contributed by atoms with Crippen LogP contribution in [-0.2, 0) is 0 Å². The highest BCUT2D eigenvalue weighted by molar-refractivity contribution is 9.10. The molecule has 2 unspecified atom stereocenters. The van der Waals surface area contributed by atoms with Crippen molar-refractivity contribution in [3.05, 3.63) is 22.8 Å². The SMILES string of the molecule is CC1CN(c2ccc(Br)cn2)CC1N(C)C. The molecule has 0 saturated carbocycles. The summed E-state index contributed by atoms with van der Waals surface area (Å²) in [5.41, 5.74) is 0. The number of halogens is 1. The van der Waals surface area contributed by atoms with E-state index in [9.17, 15) is 0 Å². The highest BCUT2D eigenvalue weighted by Gasteiger charge is 2.31. The van der Waals surface area contributed by atoms with Crippen LogP contribution in [-0.4, -0.2) is 43.1 Å². The van der Waals surface area contributed by atoms with Crippen molar-refractivity contribution in [2.45, 2.75) is 13.0 Å². The molecule has 1 aromatic rings. The second-order valence-electron chi connectivity index (χ2n) is 4.75. The van der Waals surface area contributed by atoms with Gasteiger partial charge in [-0.2, -0.15) is 0 Å². The van der Waals surface area contributed by atoms with E-state index >= 15 is 0 Å². The van der Waals surface area contributed by atoms with Crippen LogP contribution in [0.2, 0.25) is 0 Å². The molecule has 3 nitrogen and oxygen atoms in total. The average Bonchev–Trinajstić information content (AvgIpc) is 2.61. The van der Waals surface area contributed by atoms with Crippen LogP contribution in [0.4, 0.5) is 5.82 Å². The minimum atomic E-state index is 0.630. The molecule has 0 radical (unpaired) electrons. The molecule has 0 N–H and O–H groups in total. The summed E-state index contributed by atoms with van der Waals surface area (Å²) >= 11 is 3.41. The van der Waals surface area contributed by atoms with Gasteiger partial charge in [0.05, 0.1) is 0 Å². The third kappa shape index (κ3) is 2.38. The van der Waals surface area contributed by atoms with E-state index in [1.54, 1.807) is 0 Å². The molecule has 1 aromatic heterocycles. The van der Waals surface area contributed by atoms with Gasteiger partial charge < -0.3 is 9.80 Å². The fraction of sp³-hybridized carbons (Fsp3) is 0.583. The molecule has 0 bridgehead atoms. The summed E-state index contributed by atoms with van der Waals surface area (Å²) in [7, 11) is 4.30. The van der Waals surface area contributed by atoms with Crippen LogP contribution in [0.5, 0.6) is 0 Å². The van der Waals surface area contributed by atoms with Crippen molar-refractivity contribution in [1.29, 1.82) is 0 Å². The van der Waals surface area contributed by atoms with Crippen LogP contribution in [0, 0.1) is 5.92 Å². The molecule has 1 saturated heterocycles. The number of aromatic nitrogens is 1. The third-order valence-corrected chi connectivity index (χ3v) is 3.74. The maximum atomic E-state index is 4.45. The van der Waals surface area contributed by atoms with E-state index in [-0.39, 0.29) is 0 Å². The molecule has 0 aromatic carbocycles. The largest absolute Gasteiger partial charge is 0.355 e. The summed E-state index contributed by atoms with van der Waals surface area (Å²) in [6.07, 6.45) is 1.86. The zero-order chi connectivity index (χ0) is 11.7. The Kier molecular flexibility index (Phi) is 3.50. The van der Waals surface area contributed by atoms with Crippen molar-refractivity contribution in [2.24, 2.45) is 5.92 Å². The lowest BCUT2D eigenvalue weighted by Crippen LogP contribution is -2.34. The van der Waals surface area contributed by atoms with E-state index in [4.69, 9.17) is 0 Å². The number of hydrogen-bond donors (Lipinski definition) is 0. The zero-order valence-corrected chi connectivity index (χ0v) is 11.6. The summed E-state index contributed by atoms with van der Waals surface area (Å²) in [6.45, 7) is 4.48. The quantitative estimate of drug-likeness (QED) is 0.830. The standard InChI is InChI=1S/C12H18BrN3/c1-9-7-16(8-11(9)15(2)3)12-5-4-10(13)6-14-12/h4-6,9,11H,7-8H2,1-3H3. The number of pyridine rings is 1. The van der Waals surface area contributed by atoms with Crippen molar-refractivity contribution < 1.29 is 0 Å². The van der Waals surface area contributed by atoms with Crippen molar-refractivity contribution in [2.75, 3.05) is 32.1 Å². The van der Waals surface area contributed by atoms with Crippen LogP contribution >= 0.6 is 15.9 Å². The van der Waals surface area contributed by atoms with Crippen molar-refractivity contribution in [1.82, 2.24) is 9.88 Å². The fourth-order valence-electron chi connectivity index (χ4n) is 2.36. The Bertz CT molecular complexity index is 350. The summed E-state index contributed by atoms with van der Waals surface area (Å²) in [5.74, 6) is 1.78. The van der Waals surface area contributed by atoms with E-state index in [0.717, 1.165) is 23.4 Å². The van der Waals surface area contributed by atoms with Crippen molar-refractivity contribution in [3.63, 3.8) is 0 Å². The molecule has 4 heteroatoms. The Morgan fingerprint density at radius 1 is 1.38 bits per heavy atom. The summed E-state index contributed by atoms with van der Waals surface area (Å²) in [4.78, 5) is 9.12. The summed E-state index contributed by atoms with van der Waals surface area (Å²) < 4.78 is 1.03. The Hall–Kier alpha value is -0.610. The highest BCUT2D eigenvalue weighted by atomic mass is 79.9. The molecular formula is C12H18BrN3. The van der Waals surface area contributed by atoms with Gasteiger partial charge in [-0.1, -0.05) is 6.92 Å². The minimum absolute atomic E-state index is 0.630. The Morgan fingerprint density at radius 3 is 2.62 bits per heavy atom. The van der Waals surface area contributed by atoms with E-state index in [1.807, 2.05) is 6.20 Å². The first-order valence-corrected chi connectivity index (χ1v) is 6.40.